The Morgan fingerprint density at radius 1 is 1.29 bits per heavy atom. The van der Waals surface area contributed by atoms with E-state index in [4.69, 9.17) is 0 Å². The van der Waals surface area contributed by atoms with Gasteiger partial charge in [0.2, 0.25) is 0 Å². The van der Waals surface area contributed by atoms with E-state index >= 15 is 0 Å². The molecule has 1 aliphatic rings. The molecule has 0 aromatic rings. The molecule has 0 aromatic carbocycles. The number of rotatable bonds is 0. The van der Waals surface area contributed by atoms with Crippen LogP contribution in [0, 0.1) is 0 Å². The minimum absolute atomic E-state index is 0.167. The van der Waals surface area contributed by atoms with Gasteiger partial charge in [-0.25, -0.2) is 0 Å². The van der Waals surface area contributed by atoms with Gasteiger partial charge in [0, 0.05) is 15.5 Å². The van der Waals surface area contributed by atoms with E-state index in [9.17, 15) is 5.11 Å². The van der Waals surface area contributed by atoms with Crippen molar-refractivity contribution in [3.8, 4) is 0 Å². The Morgan fingerprint density at radius 2 is 1.71 bits per heavy atom. The molecule has 0 aliphatic heterocycles. The van der Waals surface area contributed by atoms with E-state index in [2.05, 4.69) is 0 Å². The van der Waals surface area contributed by atoms with E-state index in [0.717, 1.165) is 23.1 Å². The van der Waals surface area contributed by atoms with Crippen LogP contribution in [0.2, 0.25) is 0 Å². The lowest BCUT2D eigenvalue weighted by molar-refractivity contribution is 0.136. The lowest BCUT2D eigenvalue weighted by Crippen LogP contribution is -2.23. The van der Waals surface area contributed by atoms with E-state index in [0.29, 0.717) is 0 Å². The smallest absolute Gasteiger partial charge is 0.0452 e. The molecule has 7 heavy (non-hydrogen) atoms. The summed E-state index contributed by atoms with van der Waals surface area (Å²) < 4.78 is 0. The van der Waals surface area contributed by atoms with Crippen LogP contribution in [0.1, 0.15) is 25.7 Å². The fourth-order valence-electron chi connectivity index (χ4n) is 1.14. The van der Waals surface area contributed by atoms with E-state index in [1.54, 1.807) is 0 Å². The molecule has 1 fully saturated rings. The first-order valence-corrected chi connectivity index (χ1v) is 3.93. The van der Waals surface area contributed by atoms with Crippen LogP contribution >= 0.6 is 0 Å². The molecule has 1 N–H and O–H groups in total. The van der Waals surface area contributed by atoms with Gasteiger partial charge < -0.3 is 5.11 Å². The molecule has 0 radical (unpaired) electrons. The summed E-state index contributed by atoms with van der Waals surface area (Å²) in [4.78, 5) is 0. The van der Waals surface area contributed by atoms with Crippen LogP contribution in [-0.4, -0.2) is 20.6 Å². The second-order valence-electron chi connectivity index (χ2n) is 2.70. The molecule has 0 bridgehead atoms. The topological polar surface area (TPSA) is 20.2 Å². The van der Waals surface area contributed by atoms with Crippen molar-refractivity contribution in [2.45, 2.75) is 30.9 Å². The monoisotopic (exact) mass is 116 g/mol. The van der Waals surface area contributed by atoms with Gasteiger partial charge >= 0.3 is 0 Å². The maximum absolute atomic E-state index is 9.26. The van der Waals surface area contributed by atoms with Gasteiger partial charge in [-0.3, -0.25) is 0 Å². The average Bonchev–Trinajstić information content (AvgIpc) is 1.84. The summed E-state index contributed by atoms with van der Waals surface area (Å²) in [5.41, 5.74) is 0. The molecule has 1 nitrogen and oxygen atoms in total. The SMILES string of the molecule is OC1([SiH3])CCCC1. The van der Waals surface area contributed by atoms with E-state index < -0.39 is 0 Å². The van der Waals surface area contributed by atoms with E-state index in [1.807, 2.05) is 0 Å². The largest absolute Gasteiger partial charge is 0.394 e. The Morgan fingerprint density at radius 3 is 1.86 bits per heavy atom. The third-order valence-corrected chi connectivity index (χ3v) is 2.68. The Bertz CT molecular complexity index is 62.5. The summed E-state index contributed by atoms with van der Waals surface area (Å²) in [5.74, 6) is 0. The lowest BCUT2D eigenvalue weighted by atomic mass is 10.3. The third-order valence-electron chi connectivity index (χ3n) is 1.68. The van der Waals surface area contributed by atoms with Crippen molar-refractivity contribution >= 4 is 10.2 Å². The second-order valence-corrected chi connectivity index (χ2v) is 4.57. The molecule has 1 rings (SSSR count). The van der Waals surface area contributed by atoms with Gasteiger partial charge in [0.25, 0.3) is 0 Å². The summed E-state index contributed by atoms with van der Waals surface area (Å²) in [7, 11) is 0.968. The molecule has 0 spiro atoms. The molecular formula is C5H12OSi. The zero-order valence-corrected chi connectivity index (χ0v) is 6.78. The summed E-state index contributed by atoms with van der Waals surface area (Å²) in [5, 5.41) is 9.09. The number of hydrogen-bond acceptors (Lipinski definition) is 1. The van der Waals surface area contributed by atoms with Crippen LogP contribution in [0.25, 0.3) is 0 Å². The highest BCUT2D eigenvalue weighted by atomic mass is 28.1. The molecular weight excluding hydrogens is 104 g/mol. The Balaban J connectivity index is 2.40. The zero-order valence-electron chi connectivity index (χ0n) is 4.78. The maximum Gasteiger partial charge on any atom is 0.0452 e. The lowest BCUT2D eigenvalue weighted by Gasteiger charge is -2.12. The third kappa shape index (κ3) is 1.28. The molecule has 0 unspecified atom stereocenters. The maximum atomic E-state index is 9.26. The predicted molar refractivity (Wildman–Crippen MR) is 33.4 cm³/mol. The molecule has 1 saturated carbocycles. The van der Waals surface area contributed by atoms with Crippen LogP contribution in [0.3, 0.4) is 0 Å². The summed E-state index contributed by atoms with van der Waals surface area (Å²) in [6.45, 7) is 0. The zero-order chi connectivity index (χ0) is 5.33. The Kier molecular flexibility index (Phi) is 1.21. The predicted octanol–water partition coefficient (Wildman–Crippen LogP) is -0.386. The normalized spacial score (nSPS) is 28.7. The highest BCUT2D eigenvalue weighted by molar-refractivity contribution is 6.14. The van der Waals surface area contributed by atoms with Gasteiger partial charge in [0.05, 0.1) is 0 Å². The first-order chi connectivity index (χ1) is 3.21. The summed E-state index contributed by atoms with van der Waals surface area (Å²) in [6.07, 6.45) is 4.64. The van der Waals surface area contributed by atoms with Gasteiger partial charge in [-0.05, 0) is 12.8 Å². The quantitative estimate of drug-likeness (QED) is 0.428. The van der Waals surface area contributed by atoms with Crippen molar-refractivity contribution in [1.29, 1.82) is 0 Å². The standard InChI is InChI=1S/C5H12OSi/c6-5(7)3-1-2-4-5/h6H,1-4H2,7H3. The second kappa shape index (κ2) is 1.60. The highest BCUT2D eigenvalue weighted by Gasteiger charge is 2.24. The minimum Gasteiger partial charge on any atom is -0.394 e. The van der Waals surface area contributed by atoms with Gasteiger partial charge in [0.15, 0.2) is 0 Å². The average molecular weight is 116 g/mol. The van der Waals surface area contributed by atoms with E-state index in [-0.39, 0.29) is 5.22 Å². The van der Waals surface area contributed by atoms with Gasteiger partial charge in [-0.1, -0.05) is 12.8 Å². The molecule has 2 heteroatoms. The van der Waals surface area contributed by atoms with E-state index in [1.165, 1.54) is 12.8 Å². The van der Waals surface area contributed by atoms with Gasteiger partial charge in [0.1, 0.15) is 0 Å². The molecule has 42 valence electrons. The van der Waals surface area contributed by atoms with Crippen molar-refractivity contribution in [3.05, 3.63) is 0 Å². The van der Waals surface area contributed by atoms with Gasteiger partial charge in [-0.2, -0.15) is 0 Å². The fraction of sp³-hybridized carbons (Fsp3) is 1.00. The van der Waals surface area contributed by atoms with Crippen LogP contribution in [0.5, 0.6) is 0 Å². The van der Waals surface area contributed by atoms with Crippen molar-refractivity contribution in [1.82, 2.24) is 0 Å². The van der Waals surface area contributed by atoms with Crippen LogP contribution in [0.15, 0.2) is 0 Å². The van der Waals surface area contributed by atoms with Gasteiger partial charge in [-0.15, -0.1) is 0 Å². The molecule has 0 amide bonds. The van der Waals surface area contributed by atoms with Crippen molar-refractivity contribution in [3.63, 3.8) is 0 Å². The number of aliphatic hydroxyl groups is 1. The molecule has 0 saturated heterocycles. The van der Waals surface area contributed by atoms with Crippen molar-refractivity contribution in [2.24, 2.45) is 0 Å². The van der Waals surface area contributed by atoms with Crippen LogP contribution in [0.4, 0.5) is 0 Å². The summed E-state index contributed by atoms with van der Waals surface area (Å²) in [6, 6.07) is 0. The first kappa shape index (κ1) is 5.32. The van der Waals surface area contributed by atoms with Crippen molar-refractivity contribution < 1.29 is 5.11 Å². The molecule has 1 aliphatic carbocycles. The Hall–Kier alpha value is 0.177. The Labute approximate surface area is 47.2 Å². The minimum atomic E-state index is -0.167. The molecule has 0 heterocycles. The molecule has 0 atom stereocenters. The highest BCUT2D eigenvalue weighted by Crippen LogP contribution is 2.25. The first-order valence-electron chi connectivity index (χ1n) is 2.93. The van der Waals surface area contributed by atoms with Crippen LogP contribution in [-0.2, 0) is 0 Å². The fourth-order valence-corrected chi connectivity index (χ4v) is 1.84. The number of hydrogen-bond donors (Lipinski definition) is 1. The van der Waals surface area contributed by atoms with Crippen molar-refractivity contribution in [2.75, 3.05) is 0 Å². The molecule has 0 aromatic heterocycles. The summed E-state index contributed by atoms with van der Waals surface area (Å²) >= 11 is 0. The van der Waals surface area contributed by atoms with Crippen LogP contribution < -0.4 is 0 Å².